The molecule has 5 heteroatoms. The van der Waals surface area contributed by atoms with Crippen LogP contribution in [-0.4, -0.2) is 39.5 Å². The van der Waals surface area contributed by atoms with Gasteiger partial charge in [-0.1, -0.05) is 38.1 Å². The Morgan fingerprint density at radius 1 is 1.23 bits per heavy atom. The summed E-state index contributed by atoms with van der Waals surface area (Å²) in [6, 6.07) is 8.71. The van der Waals surface area contributed by atoms with E-state index in [4.69, 9.17) is 0 Å². The fraction of sp³-hybridized carbons (Fsp3) is 0.524. The molecule has 0 saturated carbocycles. The van der Waals surface area contributed by atoms with Crippen LogP contribution in [-0.2, 0) is 13.1 Å². The van der Waals surface area contributed by atoms with Gasteiger partial charge in [0.2, 0.25) is 0 Å². The van der Waals surface area contributed by atoms with Crippen molar-refractivity contribution in [1.82, 2.24) is 19.8 Å². The van der Waals surface area contributed by atoms with Crippen molar-refractivity contribution in [2.24, 2.45) is 10.4 Å². The van der Waals surface area contributed by atoms with Crippen LogP contribution < -0.4 is 5.32 Å². The second-order valence-corrected chi connectivity index (χ2v) is 8.35. The zero-order valence-electron chi connectivity index (χ0n) is 16.9. The predicted octanol–water partition coefficient (Wildman–Crippen LogP) is 3.44. The van der Waals surface area contributed by atoms with E-state index in [1.165, 1.54) is 11.1 Å². The van der Waals surface area contributed by atoms with E-state index < -0.39 is 0 Å². The smallest absolute Gasteiger partial charge is 0.194 e. The molecule has 1 aliphatic rings. The van der Waals surface area contributed by atoms with Gasteiger partial charge in [-0.05, 0) is 31.9 Å². The maximum atomic E-state index is 4.50. The summed E-state index contributed by atoms with van der Waals surface area (Å²) < 4.78 is 2.16. The number of rotatable bonds is 4. The first kappa shape index (κ1) is 18.5. The summed E-state index contributed by atoms with van der Waals surface area (Å²) in [6.07, 6.45) is 3.87. The number of aliphatic imine (C=N–C) groups is 1. The van der Waals surface area contributed by atoms with E-state index in [9.17, 15) is 0 Å². The Morgan fingerprint density at radius 2 is 1.96 bits per heavy atom. The molecule has 1 aliphatic heterocycles. The Kier molecular flexibility index (Phi) is 4.82. The average Bonchev–Trinajstić information content (AvgIpc) is 2.99. The van der Waals surface area contributed by atoms with Gasteiger partial charge in [0.05, 0.1) is 0 Å². The number of nitrogens with zero attached hydrogens (tertiary/aromatic N) is 4. The van der Waals surface area contributed by atoms with Crippen molar-refractivity contribution in [3.8, 4) is 0 Å². The van der Waals surface area contributed by atoms with Crippen molar-refractivity contribution in [1.29, 1.82) is 0 Å². The first-order chi connectivity index (χ1) is 12.2. The van der Waals surface area contributed by atoms with Crippen molar-refractivity contribution < 1.29 is 0 Å². The Hall–Kier alpha value is -2.30. The molecule has 140 valence electrons. The van der Waals surface area contributed by atoms with Gasteiger partial charge in [0.1, 0.15) is 5.82 Å². The molecule has 0 atom stereocenters. The standard InChI is InChI=1S/C21H31N5/c1-16-23-10-11-25(16)14-18-9-7-8-17(12-18)13-24-19(22-6)26-15-20(2,3)21(26,4)5/h7-12H,13-15H2,1-6H3,(H,22,24). The molecule has 0 aliphatic carbocycles. The molecule has 2 aromatic rings. The predicted molar refractivity (Wildman–Crippen MR) is 107 cm³/mol. The Labute approximate surface area is 157 Å². The van der Waals surface area contributed by atoms with Crippen LogP contribution in [0.5, 0.6) is 0 Å². The van der Waals surface area contributed by atoms with Crippen LogP contribution in [0.25, 0.3) is 0 Å². The highest BCUT2D eigenvalue weighted by Gasteiger charge is 2.53. The Balaban J connectivity index is 1.64. The van der Waals surface area contributed by atoms with Gasteiger partial charge < -0.3 is 14.8 Å². The number of aryl methyl sites for hydroxylation is 1. The second-order valence-electron chi connectivity index (χ2n) is 8.35. The van der Waals surface area contributed by atoms with Crippen LogP contribution in [0.3, 0.4) is 0 Å². The Bertz CT molecular complexity index is 800. The number of likely N-dealkylation sites (tertiary alicyclic amines) is 1. The van der Waals surface area contributed by atoms with E-state index in [0.717, 1.165) is 31.4 Å². The molecule has 0 unspecified atom stereocenters. The first-order valence-corrected chi connectivity index (χ1v) is 9.28. The monoisotopic (exact) mass is 353 g/mol. The van der Waals surface area contributed by atoms with Crippen LogP contribution >= 0.6 is 0 Å². The van der Waals surface area contributed by atoms with E-state index in [1.807, 2.05) is 26.4 Å². The molecule has 1 N–H and O–H groups in total. The van der Waals surface area contributed by atoms with Gasteiger partial charge in [-0.15, -0.1) is 0 Å². The summed E-state index contributed by atoms with van der Waals surface area (Å²) in [4.78, 5) is 11.2. The molecule has 1 saturated heterocycles. The minimum absolute atomic E-state index is 0.107. The molecular formula is C21H31N5. The lowest BCUT2D eigenvalue weighted by atomic mass is 9.65. The van der Waals surface area contributed by atoms with Crippen molar-refractivity contribution in [2.75, 3.05) is 13.6 Å². The van der Waals surface area contributed by atoms with E-state index in [2.05, 4.69) is 76.7 Å². The zero-order valence-corrected chi connectivity index (χ0v) is 16.9. The lowest BCUT2D eigenvalue weighted by Crippen LogP contribution is -2.72. The summed E-state index contributed by atoms with van der Waals surface area (Å²) >= 11 is 0. The quantitative estimate of drug-likeness (QED) is 0.676. The van der Waals surface area contributed by atoms with Crippen molar-refractivity contribution in [3.05, 3.63) is 53.6 Å². The molecule has 0 spiro atoms. The number of hydrogen-bond donors (Lipinski definition) is 1. The molecule has 1 fully saturated rings. The summed E-state index contributed by atoms with van der Waals surface area (Å²) in [6.45, 7) is 13.9. The van der Waals surface area contributed by atoms with Gasteiger partial charge in [0.15, 0.2) is 5.96 Å². The normalized spacial score (nSPS) is 18.5. The lowest BCUT2D eigenvalue weighted by Gasteiger charge is -2.62. The van der Waals surface area contributed by atoms with Crippen molar-refractivity contribution >= 4 is 5.96 Å². The number of aromatic nitrogens is 2. The fourth-order valence-corrected chi connectivity index (χ4v) is 3.48. The number of guanidine groups is 1. The minimum Gasteiger partial charge on any atom is -0.352 e. The first-order valence-electron chi connectivity index (χ1n) is 9.28. The molecule has 2 heterocycles. The van der Waals surface area contributed by atoms with Crippen LogP contribution in [0.15, 0.2) is 41.7 Å². The molecule has 1 aromatic carbocycles. The molecule has 3 rings (SSSR count). The van der Waals surface area contributed by atoms with Crippen LogP contribution in [0.1, 0.15) is 44.6 Å². The number of benzene rings is 1. The van der Waals surface area contributed by atoms with E-state index in [0.29, 0.717) is 5.41 Å². The van der Waals surface area contributed by atoms with Crippen molar-refractivity contribution in [3.63, 3.8) is 0 Å². The second kappa shape index (κ2) is 6.78. The number of imidazole rings is 1. The average molecular weight is 354 g/mol. The number of nitrogens with one attached hydrogen (secondary N) is 1. The summed E-state index contributed by atoms with van der Waals surface area (Å²) in [5, 5.41) is 3.54. The minimum atomic E-state index is 0.107. The summed E-state index contributed by atoms with van der Waals surface area (Å²) in [5.74, 6) is 2.02. The zero-order chi connectivity index (χ0) is 18.9. The summed E-state index contributed by atoms with van der Waals surface area (Å²) in [7, 11) is 1.86. The fourth-order valence-electron chi connectivity index (χ4n) is 3.48. The van der Waals surface area contributed by atoms with Gasteiger partial charge in [-0.25, -0.2) is 4.98 Å². The highest BCUT2D eigenvalue weighted by Crippen LogP contribution is 2.46. The highest BCUT2D eigenvalue weighted by molar-refractivity contribution is 5.82. The third-order valence-electron chi connectivity index (χ3n) is 6.07. The maximum absolute atomic E-state index is 4.50. The van der Waals surface area contributed by atoms with E-state index in [-0.39, 0.29) is 5.54 Å². The third-order valence-corrected chi connectivity index (χ3v) is 6.07. The SMILES string of the molecule is CN=C(NCc1cccc(Cn2ccnc2C)c1)N1CC(C)(C)C1(C)C. The molecule has 0 amide bonds. The van der Waals surface area contributed by atoms with Crippen molar-refractivity contribution in [2.45, 2.75) is 53.2 Å². The topological polar surface area (TPSA) is 45.5 Å². The molecule has 26 heavy (non-hydrogen) atoms. The summed E-state index contributed by atoms with van der Waals surface area (Å²) in [5.41, 5.74) is 2.95. The molecule has 1 aromatic heterocycles. The lowest BCUT2D eigenvalue weighted by molar-refractivity contribution is -0.0667. The van der Waals surface area contributed by atoms with Gasteiger partial charge in [-0.2, -0.15) is 0 Å². The van der Waals surface area contributed by atoms with Crippen LogP contribution in [0.4, 0.5) is 0 Å². The van der Waals surface area contributed by atoms with Gasteiger partial charge in [0.25, 0.3) is 0 Å². The maximum Gasteiger partial charge on any atom is 0.194 e. The molecular weight excluding hydrogens is 322 g/mol. The van der Waals surface area contributed by atoms with E-state index >= 15 is 0 Å². The van der Waals surface area contributed by atoms with Gasteiger partial charge >= 0.3 is 0 Å². The molecule has 0 radical (unpaired) electrons. The third kappa shape index (κ3) is 3.35. The van der Waals surface area contributed by atoms with Crippen LogP contribution in [0.2, 0.25) is 0 Å². The molecule has 0 bridgehead atoms. The Morgan fingerprint density at radius 3 is 2.54 bits per heavy atom. The highest BCUT2D eigenvalue weighted by atomic mass is 15.4. The number of hydrogen-bond acceptors (Lipinski definition) is 2. The molecule has 5 nitrogen and oxygen atoms in total. The van der Waals surface area contributed by atoms with Gasteiger partial charge in [-0.3, -0.25) is 4.99 Å². The van der Waals surface area contributed by atoms with E-state index in [1.54, 1.807) is 0 Å². The van der Waals surface area contributed by atoms with Crippen LogP contribution in [0, 0.1) is 12.3 Å². The van der Waals surface area contributed by atoms with Gasteiger partial charge in [0, 0.05) is 50.0 Å². The largest absolute Gasteiger partial charge is 0.352 e.